The quantitative estimate of drug-likeness (QED) is 0.919. The number of hydrogen-bond acceptors (Lipinski definition) is 3. The number of carbonyl (C=O) groups excluding carboxylic acids is 2. The van der Waals surface area contributed by atoms with Gasteiger partial charge in [0.25, 0.3) is 0 Å². The lowest BCUT2D eigenvalue weighted by Gasteiger charge is -2.23. The Morgan fingerprint density at radius 1 is 1.12 bits per heavy atom. The third-order valence-corrected chi connectivity index (χ3v) is 3.64. The highest BCUT2D eigenvalue weighted by molar-refractivity contribution is 6.02. The molecule has 0 aliphatic carbocycles. The molecule has 0 aliphatic heterocycles. The molecule has 2 aromatic carbocycles. The zero-order valence-corrected chi connectivity index (χ0v) is 13.7. The number of hydrogen-bond donors (Lipinski definition) is 1. The van der Waals surface area contributed by atoms with E-state index >= 15 is 0 Å². The van der Waals surface area contributed by atoms with Crippen molar-refractivity contribution in [1.82, 2.24) is 0 Å². The van der Waals surface area contributed by atoms with E-state index in [4.69, 9.17) is 5.26 Å². The molecule has 0 saturated carbocycles. The molecule has 0 aliphatic rings. The summed E-state index contributed by atoms with van der Waals surface area (Å²) in [5.74, 6) is -0.480. The van der Waals surface area contributed by atoms with Gasteiger partial charge in [-0.1, -0.05) is 25.1 Å². The number of nitrogens with zero attached hydrogens (tertiary/aromatic N) is 2. The van der Waals surface area contributed by atoms with Crippen LogP contribution < -0.4 is 10.2 Å². The van der Waals surface area contributed by atoms with Crippen LogP contribution in [0.4, 0.5) is 11.4 Å². The highest BCUT2D eigenvalue weighted by Gasteiger charge is 2.18. The summed E-state index contributed by atoms with van der Waals surface area (Å²) in [7, 11) is 0. The summed E-state index contributed by atoms with van der Waals surface area (Å²) in [6.45, 7) is 3.39. The first-order chi connectivity index (χ1) is 11.5. The van der Waals surface area contributed by atoms with E-state index in [0.29, 0.717) is 11.3 Å². The third kappa shape index (κ3) is 4.20. The number of rotatable bonds is 5. The molecule has 0 atom stereocenters. The van der Waals surface area contributed by atoms with Crippen LogP contribution in [0.1, 0.15) is 25.0 Å². The van der Waals surface area contributed by atoms with Gasteiger partial charge < -0.3 is 10.2 Å². The van der Waals surface area contributed by atoms with Crippen LogP contribution in [0.2, 0.25) is 0 Å². The lowest BCUT2D eigenvalue weighted by atomic mass is 10.1. The number of nitriles is 1. The van der Waals surface area contributed by atoms with Crippen LogP contribution >= 0.6 is 0 Å². The minimum Gasteiger partial charge on any atom is -0.325 e. The van der Waals surface area contributed by atoms with Crippen molar-refractivity contribution in [1.29, 1.82) is 5.26 Å². The molecular weight excluding hydrogens is 302 g/mol. The molecule has 0 unspecified atom stereocenters. The Morgan fingerprint density at radius 3 is 2.38 bits per heavy atom. The van der Waals surface area contributed by atoms with E-state index < -0.39 is 0 Å². The van der Waals surface area contributed by atoms with Crippen molar-refractivity contribution in [3.05, 3.63) is 59.7 Å². The van der Waals surface area contributed by atoms with Crippen molar-refractivity contribution < 1.29 is 9.59 Å². The van der Waals surface area contributed by atoms with Gasteiger partial charge in [-0.3, -0.25) is 9.59 Å². The molecule has 0 aromatic heterocycles. The summed E-state index contributed by atoms with van der Waals surface area (Å²) in [6.07, 6.45) is 0.775. The van der Waals surface area contributed by atoms with Crippen LogP contribution in [-0.2, 0) is 16.0 Å². The fourth-order valence-corrected chi connectivity index (χ4v) is 2.41. The molecule has 5 nitrogen and oxygen atoms in total. The second-order valence-corrected chi connectivity index (χ2v) is 5.32. The van der Waals surface area contributed by atoms with Crippen LogP contribution in [0, 0.1) is 11.3 Å². The second-order valence-electron chi connectivity index (χ2n) is 5.32. The van der Waals surface area contributed by atoms with Crippen LogP contribution in [0.15, 0.2) is 48.5 Å². The van der Waals surface area contributed by atoms with Gasteiger partial charge in [0.2, 0.25) is 11.8 Å². The van der Waals surface area contributed by atoms with E-state index in [1.165, 1.54) is 11.8 Å². The average molecular weight is 321 g/mol. The predicted molar refractivity (Wildman–Crippen MR) is 93.6 cm³/mol. The van der Waals surface area contributed by atoms with E-state index in [0.717, 1.165) is 17.7 Å². The topological polar surface area (TPSA) is 73.2 Å². The summed E-state index contributed by atoms with van der Waals surface area (Å²) >= 11 is 0. The van der Waals surface area contributed by atoms with Gasteiger partial charge in [-0.2, -0.15) is 5.26 Å². The van der Waals surface area contributed by atoms with Gasteiger partial charge in [-0.15, -0.1) is 0 Å². The van der Waals surface area contributed by atoms with E-state index in [9.17, 15) is 9.59 Å². The fraction of sp³-hybridized carbons (Fsp3) is 0.211. The number of nitrogens with one attached hydrogen (secondary N) is 1. The largest absolute Gasteiger partial charge is 0.325 e. The molecular formula is C19H19N3O2. The van der Waals surface area contributed by atoms with E-state index in [2.05, 4.69) is 5.32 Å². The molecule has 5 heteroatoms. The molecule has 0 fully saturated rings. The summed E-state index contributed by atoms with van der Waals surface area (Å²) < 4.78 is 0. The van der Waals surface area contributed by atoms with Crippen LogP contribution in [0.5, 0.6) is 0 Å². The Morgan fingerprint density at radius 2 is 1.79 bits per heavy atom. The van der Waals surface area contributed by atoms with E-state index in [1.54, 1.807) is 24.3 Å². The van der Waals surface area contributed by atoms with Crippen LogP contribution in [0.3, 0.4) is 0 Å². The van der Waals surface area contributed by atoms with E-state index in [-0.39, 0.29) is 18.4 Å². The summed E-state index contributed by atoms with van der Waals surface area (Å²) in [5, 5.41) is 11.5. The lowest BCUT2D eigenvalue weighted by molar-refractivity contribution is -0.120. The number of anilines is 2. The van der Waals surface area contributed by atoms with Gasteiger partial charge in [0.15, 0.2) is 0 Å². The predicted octanol–water partition coefficient (Wildman–Crippen LogP) is 3.11. The molecule has 0 radical (unpaired) electrons. The number of aryl methyl sites for hydroxylation is 1. The Balaban J connectivity index is 2.14. The first-order valence-electron chi connectivity index (χ1n) is 7.71. The minimum absolute atomic E-state index is 0.0631. The Bertz CT molecular complexity index is 776. The monoisotopic (exact) mass is 321 g/mol. The number of amides is 2. The number of benzene rings is 2. The highest BCUT2D eigenvalue weighted by Crippen LogP contribution is 2.21. The molecule has 122 valence electrons. The van der Waals surface area contributed by atoms with Crippen LogP contribution in [-0.4, -0.2) is 18.4 Å². The van der Waals surface area contributed by atoms with Gasteiger partial charge >= 0.3 is 0 Å². The number of para-hydroxylation sites is 1. The molecule has 2 amide bonds. The maximum Gasteiger partial charge on any atom is 0.244 e. The third-order valence-electron chi connectivity index (χ3n) is 3.64. The van der Waals surface area contributed by atoms with Crippen molar-refractivity contribution in [2.75, 3.05) is 16.8 Å². The first kappa shape index (κ1) is 17.2. The van der Waals surface area contributed by atoms with Gasteiger partial charge in [-0.25, -0.2) is 0 Å². The molecule has 2 aromatic rings. The van der Waals surface area contributed by atoms with Gasteiger partial charge in [0.1, 0.15) is 6.54 Å². The molecule has 0 bridgehead atoms. The lowest BCUT2D eigenvalue weighted by Crippen LogP contribution is -2.37. The SMILES string of the molecule is CCc1ccccc1N(CC(=O)Nc1ccc(C#N)cc1)C(C)=O. The zero-order chi connectivity index (χ0) is 17.5. The first-order valence-corrected chi connectivity index (χ1v) is 7.71. The van der Waals surface area contributed by atoms with Gasteiger partial charge in [0.05, 0.1) is 11.6 Å². The smallest absolute Gasteiger partial charge is 0.244 e. The van der Waals surface area contributed by atoms with Crippen molar-refractivity contribution in [3.63, 3.8) is 0 Å². The standard InChI is InChI=1S/C19H19N3O2/c1-3-16-6-4-5-7-18(16)22(14(2)23)13-19(24)21-17-10-8-15(12-20)9-11-17/h4-11H,3,13H2,1-2H3,(H,21,24). The summed E-state index contributed by atoms with van der Waals surface area (Å²) in [5.41, 5.74) is 2.88. The number of carbonyl (C=O) groups is 2. The molecule has 0 heterocycles. The van der Waals surface area contributed by atoms with Crippen LogP contribution in [0.25, 0.3) is 0 Å². The maximum atomic E-state index is 12.3. The maximum absolute atomic E-state index is 12.3. The van der Waals surface area contributed by atoms with Crippen molar-refractivity contribution in [2.24, 2.45) is 0 Å². The van der Waals surface area contributed by atoms with E-state index in [1.807, 2.05) is 37.3 Å². The highest BCUT2D eigenvalue weighted by atomic mass is 16.2. The Kier molecular flexibility index (Phi) is 5.69. The minimum atomic E-state index is -0.291. The Labute approximate surface area is 141 Å². The average Bonchev–Trinajstić information content (AvgIpc) is 2.60. The summed E-state index contributed by atoms with van der Waals surface area (Å²) in [4.78, 5) is 25.7. The molecule has 0 saturated heterocycles. The molecule has 2 rings (SSSR count). The normalized spacial score (nSPS) is 9.88. The van der Waals surface area contributed by atoms with Gasteiger partial charge in [0, 0.05) is 18.3 Å². The Hall–Kier alpha value is -3.13. The van der Waals surface area contributed by atoms with Crippen molar-refractivity contribution >= 4 is 23.2 Å². The zero-order valence-electron chi connectivity index (χ0n) is 13.7. The molecule has 0 spiro atoms. The molecule has 1 N–H and O–H groups in total. The van der Waals surface area contributed by atoms with Gasteiger partial charge in [-0.05, 0) is 42.3 Å². The summed E-state index contributed by atoms with van der Waals surface area (Å²) in [6, 6.07) is 16.2. The second kappa shape index (κ2) is 7.93. The van der Waals surface area contributed by atoms with Crippen molar-refractivity contribution in [3.8, 4) is 6.07 Å². The molecule has 24 heavy (non-hydrogen) atoms. The fourth-order valence-electron chi connectivity index (χ4n) is 2.41. The van der Waals surface area contributed by atoms with Crippen molar-refractivity contribution in [2.45, 2.75) is 20.3 Å².